The van der Waals surface area contributed by atoms with Gasteiger partial charge in [-0.3, -0.25) is 4.90 Å². The Hall–Kier alpha value is -5.16. The number of nitrogens with zero attached hydrogens (tertiary/aromatic N) is 6. The molecule has 8 rings (SSSR count). The molecule has 0 spiro atoms. The van der Waals surface area contributed by atoms with E-state index in [9.17, 15) is 14.0 Å². The van der Waals surface area contributed by atoms with E-state index in [4.69, 9.17) is 39.0 Å². The number of alkyl halides is 3. The first-order valence-corrected chi connectivity index (χ1v) is 17.6. The molecular formula is C36H30ClF5N8O2S. The van der Waals surface area contributed by atoms with Gasteiger partial charge in [-0.15, -0.1) is 17.8 Å². The molecule has 2 saturated heterocycles. The molecule has 0 bridgehead atoms. The van der Waals surface area contributed by atoms with E-state index in [2.05, 4.69) is 19.9 Å². The van der Waals surface area contributed by atoms with Crippen LogP contribution in [0.25, 0.3) is 32.1 Å². The largest absolute Gasteiger partial charge is 0.489 e. The van der Waals surface area contributed by atoms with Crippen molar-refractivity contribution in [3.05, 3.63) is 58.2 Å². The van der Waals surface area contributed by atoms with Crippen molar-refractivity contribution in [3.63, 3.8) is 0 Å². The second-order valence-electron chi connectivity index (χ2n) is 12.7. The third-order valence-corrected chi connectivity index (χ3v) is 11.0. The molecule has 0 amide bonds. The van der Waals surface area contributed by atoms with Crippen LogP contribution in [0.3, 0.4) is 0 Å². The third kappa shape index (κ3) is 6.14. The van der Waals surface area contributed by atoms with Gasteiger partial charge in [-0.05, 0) is 49.4 Å². The van der Waals surface area contributed by atoms with Gasteiger partial charge in [0.25, 0.3) is 0 Å². The zero-order chi connectivity index (χ0) is 37.8. The van der Waals surface area contributed by atoms with Gasteiger partial charge in [0.2, 0.25) is 0 Å². The number of fused-ring (bicyclic) bond motifs is 2. The van der Waals surface area contributed by atoms with Crippen molar-refractivity contribution in [2.45, 2.75) is 43.4 Å². The predicted molar refractivity (Wildman–Crippen MR) is 193 cm³/mol. The molecule has 6 heterocycles. The number of rotatable bonds is 5. The van der Waals surface area contributed by atoms with E-state index >= 15 is 13.2 Å². The van der Waals surface area contributed by atoms with Gasteiger partial charge >= 0.3 is 11.9 Å². The Kier molecular flexibility index (Phi) is 9.57. The predicted octanol–water partition coefficient (Wildman–Crippen LogP) is 7.28. The van der Waals surface area contributed by atoms with E-state index in [0.717, 1.165) is 35.3 Å². The van der Waals surface area contributed by atoms with Gasteiger partial charge in [-0.25, -0.2) is 18.2 Å². The van der Waals surface area contributed by atoms with E-state index in [1.54, 1.807) is 0 Å². The lowest BCUT2D eigenvalue weighted by molar-refractivity contribution is 0.0326. The molecule has 53 heavy (non-hydrogen) atoms. The molecule has 17 heteroatoms. The first-order chi connectivity index (χ1) is 25.4. The van der Waals surface area contributed by atoms with E-state index < -0.39 is 35.3 Å². The molecule has 2 fully saturated rings. The summed E-state index contributed by atoms with van der Waals surface area (Å²) in [6.07, 6.45) is 9.43. The molecule has 10 nitrogen and oxygen atoms in total. The SMILES string of the molecule is C#CC(F)(F)C(c1cccnc1N)N1CCOc2c(Cl)c(-c3ccc(F)c4sc(N)c(C#N)c34)c(F)c3nc(OC)nc1c23.FC1CC2CCCN2C1. The van der Waals surface area contributed by atoms with Gasteiger partial charge in [-0.2, -0.15) is 24.0 Å². The summed E-state index contributed by atoms with van der Waals surface area (Å²) in [5.41, 5.74) is 11.2. The highest BCUT2D eigenvalue weighted by Gasteiger charge is 2.46. The van der Waals surface area contributed by atoms with Crippen molar-refractivity contribution in [2.24, 2.45) is 0 Å². The molecule has 3 aromatic heterocycles. The van der Waals surface area contributed by atoms with Crippen molar-refractivity contribution < 1.29 is 31.4 Å². The molecule has 2 aromatic carbocycles. The molecule has 0 saturated carbocycles. The molecule has 0 radical (unpaired) electrons. The highest BCUT2D eigenvalue weighted by Crippen LogP contribution is 2.52. The standard InChI is InChI=1S/C29H18ClF4N7O2S.C7H12FN/c1-3-29(33,34)24(13-5-4-8-38-25(13)36)41-9-10-43-22-18-21(39-28(42-2)40-27(18)41)20(32)17(19(22)30)12-6-7-15(31)23-16(12)14(11-35)26(37)44-23;8-6-4-7-2-1-3-9(7)5-6/h1,4-8,24H,9-10,37H2,2H3,(H2,36,38);6-7H,1-5H2. The average Bonchev–Trinajstić information content (AvgIpc) is 3.79. The van der Waals surface area contributed by atoms with Crippen molar-refractivity contribution in [2.75, 3.05) is 49.7 Å². The topological polar surface area (TPSA) is 139 Å². The molecular weight excluding hydrogens is 739 g/mol. The molecule has 4 N–H and O–H groups in total. The summed E-state index contributed by atoms with van der Waals surface area (Å²) in [5.74, 6) is -4.60. The molecule has 3 unspecified atom stereocenters. The summed E-state index contributed by atoms with van der Waals surface area (Å²) in [6.45, 7) is 1.37. The van der Waals surface area contributed by atoms with Crippen molar-refractivity contribution >= 4 is 60.6 Å². The molecule has 274 valence electrons. The summed E-state index contributed by atoms with van der Waals surface area (Å²) in [5, 5.41) is 9.40. The second kappa shape index (κ2) is 14.0. The van der Waals surface area contributed by atoms with Gasteiger partial charge in [0.05, 0.1) is 34.3 Å². The maximum Gasteiger partial charge on any atom is 0.332 e. The number of terminal acetylenes is 1. The number of halogens is 6. The number of hydrogen-bond acceptors (Lipinski definition) is 11. The number of pyridine rings is 1. The van der Waals surface area contributed by atoms with Gasteiger partial charge in [0.15, 0.2) is 11.6 Å². The fourth-order valence-electron chi connectivity index (χ4n) is 7.34. The van der Waals surface area contributed by atoms with Gasteiger partial charge in [0.1, 0.15) is 52.9 Å². The van der Waals surface area contributed by atoms with Crippen LogP contribution in [0.2, 0.25) is 5.02 Å². The Balaban J connectivity index is 0.000000418. The van der Waals surface area contributed by atoms with Crippen LogP contribution >= 0.6 is 22.9 Å². The number of anilines is 3. The summed E-state index contributed by atoms with van der Waals surface area (Å²) >= 11 is 7.65. The maximum atomic E-state index is 16.8. The van der Waals surface area contributed by atoms with Crippen LogP contribution in [0.1, 0.15) is 36.4 Å². The number of nitrogens with two attached hydrogens (primary N) is 2. The first-order valence-electron chi connectivity index (χ1n) is 16.4. The highest BCUT2D eigenvalue weighted by atomic mass is 35.5. The monoisotopic (exact) mass is 768 g/mol. The van der Waals surface area contributed by atoms with E-state index in [1.165, 1.54) is 50.3 Å². The third-order valence-electron chi connectivity index (χ3n) is 9.65. The summed E-state index contributed by atoms with van der Waals surface area (Å²) in [6, 6.07) is 5.35. The number of benzene rings is 2. The van der Waals surface area contributed by atoms with E-state index in [-0.39, 0.29) is 84.3 Å². The van der Waals surface area contributed by atoms with Crippen LogP contribution in [-0.2, 0) is 0 Å². The van der Waals surface area contributed by atoms with Gasteiger partial charge < -0.3 is 25.8 Å². The minimum absolute atomic E-state index is 0.0134. The number of nitrogen functional groups attached to an aromatic ring is 2. The Morgan fingerprint density at radius 1 is 1.19 bits per heavy atom. The smallest absolute Gasteiger partial charge is 0.332 e. The van der Waals surface area contributed by atoms with Crippen LogP contribution in [0.4, 0.5) is 38.6 Å². The molecule has 3 atom stereocenters. The Morgan fingerprint density at radius 2 is 1.98 bits per heavy atom. The summed E-state index contributed by atoms with van der Waals surface area (Å²) in [7, 11) is 1.21. The van der Waals surface area contributed by atoms with Crippen LogP contribution in [-0.4, -0.2) is 71.3 Å². The van der Waals surface area contributed by atoms with Crippen LogP contribution in [0, 0.1) is 35.3 Å². The summed E-state index contributed by atoms with van der Waals surface area (Å²) < 4.78 is 86.6. The second-order valence-corrected chi connectivity index (χ2v) is 14.1. The number of hydrogen-bond donors (Lipinski definition) is 2. The number of nitriles is 1. The quantitative estimate of drug-likeness (QED) is 0.139. The van der Waals surface area contributed by atoms with Crippen LogP contribution < -0.4 is 25.8 Å². The highest BCUT2D eigenvalue weighted by molar-refractivity contribution is 7.23. The van der Waals surface area contributed by atoms with Crippen LogP contribution in [0.5, 0.6) is 11.8 Å². The molecule has 3 aliphatic rings. The van der Waals surface area contributed by atoms with E-state index in [0.29, 0.717) is 12.6 Å². The van der Waals surface area contributed by atoms with E-state index in [1.807, 2.05) is 6.07 Å². The van der Waals surface area contributed by atoms with Crippen LogP contribution in [0.15, 0.2) is 30.5 Å². The maximum absolute atomic E-state index is 16.8. The van der Waals surface area contributed by atoms with Gasteiger partial charge in [0, 0.05) is 35.3 Å². The normalized spacial score (nSPS) is 18.8. The lowest BCUT2D eigenvalue weighted by atomic mass is 9.96. The average molecular weight is 769 g/mol. The number of thiophene rings is 1. The van der Waals surface area contributed by atoms with Crippen molar-refractivity contribution in [3.8, 4) is 41.3 Å². The minimum Gasteiger partial charge on any atom is -0.489 e. The molecule has 0 aliphatic carbocycles. The van der Waals surface area contributed by atoms with Gasteiger partial charge in [-0.1, -0.05) is 23.7 Å². The fourth-order valence-corrected chi connectivity index (χ4v) is 8.63. The molecule has 3 aliphatic heterocycles. The Labute approximate surface area is 309 Å². The minimum atomic E-state index is -3.83. The zero-order valence-corrected chi connectivity index (χ0v) is 29.5. The van der Waals surface area contributed by atoms with Crippen molar-refractivity contribution in [1.82, 2.24) is 19.9 Å². The number of ether oxygens (including phenoxy) is 2. The fraction of sp³-hybridized carbons (Fsp3) is 0.333. The zero-order valence-electron chi connectivity index (χ0n) is 28.0. The number of methoxy groups -OCH3 is 1. The lowest BCUT2D eigenvalue weighted by Crippen LogP contribution is -2.42. The number of aromatic nitrogens is 3. The first kappa shape index (κ1) is 36.2. The Morgan fingerprint density at radius 3 is 2.68 bits per heavy atom. The Bertz CT molecular complexity index is 2340. The molecule has 5 aromatic rings. The lowest BCUT2D eigenvalue weighted by Gasteiger charge is -2.35. The summed E-state index contributed by atoms with van der Waals surface area (Å²) in [4.78, 5) is 15.8. The van der Waals surface area contributed by atoms with Crippen molar-refractivity contribution in [1.29, 1.82) is 5.26 Å².